The van der Waals surface area contributed by atoms with E-state index >= 15 is 0 Å². The fourth-order valence-corrected chi connectivity index (χ4v) is 1.08. The molecule has 0 radical (unpaired) electrons. The van der Waals surface area contributed by atoms with Crippen LogP contribution < -0.4 is 0 Å². The highest BCUT2D eigenvalue weighted by atomic mass is 16.3. The average Bonchev–Trinajstić information content (AvgIpc) is 2.79. The molecule has 2 aromatic heterocycles. The van der Waals surface area contributed by atoms with E-state index in [1.165, 1.54) is 29.3 Å². The van der Waals surface area contributed by atoms with Crippen LogP contribution in [-0.4, -0.2) is 19.7 Å². The van der Waals surface area contributed by atoms with E-state index in [9.17, 15) is 4.91 Å². The molecular formula is C7H4N8O. The number of rotatable bonds is 3. The topological polar surface area (TPSA) is 122 Å². The van der Waals surface area contributed by atoms with Gasteiger partial charge >= 0.3 is 0 Å². The summed E-state index contributed by atoms with van der Waals surface area (Å²) in [5.41, 5.74) is 8.33. The summed E-state index contributed by atoms with van der Waals surface area (Å²) in [6.45, 7) is 0. The van der Waals surface area contributed by atoms with Crippen LogP contribution in [0.1, 0.15) is 0 Å². The van der Waals surface area contributed by atoms with E-state index in [0.717, 1.165) is 0 Å². The maximum atomic E-state index is 10.2. The molecule has 0 amide bonds. The molecule has 0 fully saturated rings. The third kappa shape index (κ3) is 1.70. The minimum Gasteiger partial charge on any atom is -0.249 e. The molecule has 0 unspecified atom stereocenters. The predicted molar refractivity (Wildman–Crippen MR) is 53.4 cm³/mol. The fourth-order valence-electron chi connectivity index (χ4n) is 1.08. The average molecular weight is 216 g/mol. The number of azide groups is 1. The molecule has 0 aromatic carbocycles. The van der Waals surface area contributed by atoms with Gasteiger partial charge in [0.05, 0.1) is 0 Å². The SMILES string of the molecule is [N-]=[N+]=Nc1nccnc1-n1ccc(N=O)n1. The molecule has 9 nitrogen and oxygen atoms in total. The molecule has 0 aliphatic heterocycles. The third-order valence-corrected chi connectivity index (χ3v) is 1.69. The molecule has 0 aliphatic carbocycles. The summed E-state index contributed by atoms with van der Waals surface area (Å²) in [5, 5.41) is 9.81. The molecule has 0 bridgehead atoms. The molecule has 16 heavy (non-hydrogen) atoms. The first-order chi connectivity index (χ1) is 7.85. The molecule has 0 saturated carbocycles. The van der Waals surface area contributed by atoms with Gasteiger partial charge in [0, 0.05) is 29.6 Å². The van der Waals surface area contributed by atoms with Crippen LogP contribution in [-0.2, 0) is 0 Å². The maximum Gasteiger partial charge on any atom is 0.217 e. The van der Waals surface area contributed by atoms with E-state index < -0.39 is 0 Å². The van der Waals surface area contributed by atoms with Crippen LogP contribution in [0.25, 0.3) is 16.3 Å². The Morgan fingerprint density at radius 3 is 2.88 bits per heavy atom. The van der Waals surface area contributed by atoms with Crippen molar-refractivity contribution >= 4 is 11.6 Å². The molecule has 0 aliphatic rings. The summed E-state index contributed by atoms with van der Waals surface area (Å²) in [7, 11) is 0. The van der Waals surface area contributed by atoms with Gasteiger partial charge in [0.25, 0.3) is 0 Å². The molecule has 0 atom stereocenters. The predicted octanol–water partition coefficient (Wildman–Crippen LogP) is 2.00. The highest BCUT2D eigenvalue weighted by Crippen LogP contribution is 2.18. The van der Waals surface area contributed by atoms with Gasteiger partial charge in [0.1, 0.15) is 0 Å². The van der Waals surface area contributed by atoms with Crippen LogP contribution in [0.5, 0.6) is 0 Å². The van der Waals surface area contributed by atoms with Crippen molar-refractivity contribution in [1.82, 2.24) is 19.7 Å². The summed E-state index contributed by atoms with van der Waals surface area (Å²) < 4.78 is 1.26. The second kappa shape index (κ2) is 4.15. The quantitative estimate of drug-likeness (QED) is 0.337. The van der Waals surface area contributed by atoms with Gasteiger partial charge in [0.15, 0.2) is 11.6 Å². The summed E-state index contributed by atoms with van der Waals surface area (Å²) in [6, 6.07) is 1.40. The Morgan fingerprint density at radius 1 is 1.38 bits per heavy atom. The molecule has 0 N–H and O–H groups in total. The highest BCUT2D eigenvalue weighted by molar-refractivity contribution is 5.45. The van der Waals surface area contributed by atoms with E-state index in [1.54, 1.807) is 0 Å². The van der Waals surface area contributed by atoms with Gasteiger partial charge in [-0.25, -0.2) is 14.6 Å². The highest BCUT2D eigenvalue weighted by Gasteiger charge is 2.07. The van der Waals surface area contributed by atoms with Crippen molar-refractivity contribution < 1.29 is 0 Å². The normalized spacial score (nSPS) is 9.50. The first kappa shape index (κ1) is 9.74. The van der Waals surface area contributed by atoms with Crippen molar-refractivity contribution in [1.29, 1.82) is 0 Å². The van der Waals surface area contributed by atoms with Crippen molar-refractivity contribution in [2.24, 2.45) is 10.3 Å². The zero-order valence-electron chi connectivity index (χ0n) is 7.80. The molecule has 2 aromatic rings. The van der Waals surface area contributed by atoms with Crippen molar-refractivity contribution in [3.8, 4) is 5.82 Å². The molecule has 9 heteroatoms. The van der Waals surface area contributed by atoms with Gasteiger partial charge in [-0.1, -0.05) is 0 Å². The van der Waals surface area contributed by atoms with E-state index in [-0.39, 0.29) is 17.5 Å². The lowest BCUT2D eigenvalue weighted by Gasteiger charge is -2.00. The number of hydrogen-bond donors (Lipinski definition) is 0. The minimum atomic E-state index is 0.0116. The van der Waals surface area contributed by atoms with E-state index in [2.05, 4.69) is 30.3 Å². The van der Waals surface area contributed by atoms with Crippen molar-refractivity contribution in [2.45, 2.75) is 0 Å². The summed E-state index contributed by atoms with van der Waals surface area (Å²) in [6.07, 6.45) is 4.27. The Morgan fingerprint density at radius 2 is 2.19 bits per heavy atom. The standard InChI is InChI=1S/C7H4N8O/c8-14-11-6-7(10-3-2-9-6)15-4-1-5(12-15)13-16/h1-4H. The molecule has 78 valence electrons. The van der Waals surface area contributed by atoms with Gasteiger partial charge in [-0.3, -0.25) is 0 Å². The molecular weight excluding hydrogens is 212 g/mol. The second-order valence-electron chi connectivity index (χ2n) is 2.60. The van der Waals surface area contributed by atoms with E-state index in [4.69, 9.17) is 5.53 Å². The summed E-state index contributed by atoms with van der Waals surface area (Å²) in [5.74, 6) is 0.318. The molecule has 2 rings (SSSR count). The third-order valence-electron chi connectivity index (χ3n) is 1.69. The van der Waals surface area contributed by atoms with Gasteiger partial charge in [-0.2, -0.15) is 0 Å². The van der Waals surface area contributed by atoms with Crippen LogP contribution in [0.15, 0.2) is 34.9 Å². The van der Waals surface area contributed by atoms with Gasteiger partial charge in [-0.15, -0.1) is 10.0 Å². The zero-order valence-corrected chi connectivity index (χ0v) is 7.80. The maximum absolute atomic E-state index is 10.2. The number of aromatic nitrogens is 4. The first-order valence-corrected chi connectivity index (χ1v) is 4.10. The largest absolute Gasteiger partial charge is 0.249 e. The van der Waals surface area contributed by atoms with E-state index in [1.807, 2.05) is 0 Å². The van der Waals surface area contributed by atoms with Crippen molar-refractivity contribution in [3.63, 3.8) is 0 Å². The van der Waals surface area contributed by atoms with Crippen LogP contribution >= 0.6 is 0 Å². The lowest BCUT2D eigenvalue weighted by atomic mass is 10.6. The van der Waals surface area contributed by atoms with Crippen molar-refractivity contribution in [2.75, 3.05) is 0 Å². The smallest absolute Gasteiger partial charge is 0.217 e. The van der Waals surface area contributed by atoms with Gasteiger partial charge < -0.3 is 0 Å². The Bertz CT molecular complexity index is 569. The number of nitroso groups, excluding NO2 is 1. The van der Waals surface area contributed by atoms with Gasteiger partial charge in [0.2, 0.25) is 5.82 Å². The monoisotopic (exact) mass is 216 g/mol. The Labute approximate surface area is 88.4 Å². The lowest BCUT2D eigenvalue weighted by molar-refractivity contribution is 0.837. The zero-order chi connectivity index (χ0) is 11.4. The van der Waals surface area contributed by atoms with Crippen LogP contribution in [0, 0.1) is 4.91 Å². The van der Waals surface area contributed by atoms with Crippen molar-refractivity contribution in [3.05, 3.63) is 40.0 Å². The Hall–Kier alpha value is -2.80. The lowest BCUT2D eigenvalue weighted by Crippen LogP contribution is -1.98. The Balaban J connectivity index is 2.54. The fraction of sp³-hybridized carbons (Fsp3) is 0. The molecule has 0 saturated heterocycles. The first-order valence-electron chi connectivity index (χ1n) is 4.10. The van der Waals surface area contributed by atoms with Crippen LogP contribution in [0.3, 0.4) is 0 Å². The second-order valence-corrected chi connectivity index (χ2v) is 2.60. The Kier molecular flexibility index (Phi) is 2.53. The molecule has 0 spiro atoms. The van der Waals surface area contributed by atoms with Crippen LogP contribution in [0.2, 0.25) is 0 Å². The number of hydrogen-bond acceptors (Lipinski definition) is 6. The van der Waals surface area contributed by atoms with Gasteiger partial charge in [-0.05, 0) is 15.8 Å². The summed E-state index contributed by atoms with van der Waals surface area (Å²) in [4.78, 5) is 20.6. The molecule has 2 heterocycles. The number of nitrogens with zero attached hydrogens (tertiary/aromatic N) is 8. The van der Waals surface area contributed by atoms with Crippen LogP contribution in [0.4, 0.5) is 11.6 Å². The summed E-state index contributed by atoms with van der Waals surface area (Å²) >= 11 is 0. The van der Waals surface area contributed by atoms with E-state index in [0.29, 0.717) is 0 Å². The minimum absolute atomic E-state index is 0.0116.